The summed E-state index contributed by atoms with van der Waals surface area (Å²) in [5.74, 6) is 0.726. The largest absolute Gasteiger partial charge is 0.360 e. The Morgan fingerprint density at radius 1 is 1.00 bits per heavy atom. The Morgan fingerprint density at radius 2 is 1.60 bits per heavy atom. The topological polar surface area (TPSA) is 87.5 Å². The van der Waals surface area contributed by atoms with Crippen molar-refractivity contribution >= 4 is 17.6 Å². The molecule has 2 N–H and O–H groups in total. The molecule has 0 spiro atoms. The van der Waals surface area contributed by atoms with E-state index >= 15 is 0 Å². The number of nitrogens with one attached hydrogen (secondary N) is 2. The highest BCUT2D eigenvalue weighted by molar-refractivity contribution is 5.91. The van der Waals surface area contributed by atoms with E-state index in [1.54, 1.807) is 24.9 Å². The average Bonchev–Trinajstić information content (AvgIpc) is 3.16. The second kappa shape index (κ2) is 10.4. The molecule has 2 amide bonds. The van der Waals surface area contributed by atoms with Crippen LogP contribution in [-0.4, -0.2) is 42.0 Å². The van der Waals surface area contributed by atoms with Gasteiger partial charge in [-0.05, 0) is 25.1 Å². The van der Waals surface area contributed by atoms with Gasteiger partial charge in [0.05, 0.1) is 12.6 Å². The van der Waals surface area contributed by atoms with E-state index in [9.17, 15) is 9.59 Å². The van der Waals surface area contributed by atoms with Gasteiger partial charge in [0, 0.05) is 19.0 Å². The predicted octanol–water partition coefficient (Wildman–Crippen LogP) is 3.15. The van der Waals surface area contributed by atoms with Crippen molar-refractivity contribution in [3.63, 3.8) is 0 Å². The Labute approximate surface area is 176 Å². The van der Waals surface area contributed by atoms with Crippen LogP contribution in [0.1, 0.15) is 29.3 Å². The number of aromatic nitrogens is 1. The fourth-order valence-electron chi connectivity index (χ4n) is 3.11. The third-order valence-electron chi connectivity index (χ3n) is 4.60. The maximum absolute atomic E-state index is 12.6. The van der Waals surface area contributed by atoms with E-state index < -0.39 is 0 Å². The molecule has 3 rings (SSSR count). The van der Waals surface area contributed by atoms with Crippen LogP contribution in [0.3, 0.4) is 0 Å². The minimum Gasteiger partial charge on any atom is -0.360 e. The van der Waals surface area contributed by atoms with Gasteiger partial charge >= 0.3 is 0 Å². The van der Waals surface area contributed by atoms with E-state index in [0.717, 1.165) is 11.1 Å². The van der Waals surface area contributed by atoms with Gasteiger partial charge in [0.15, 0.2) is 5.82 Å². The van der Waals surface area contributed by atoms with Crippen molar-refractivity contribution in [1.82, 2.24) is 15.4 Å². The van der Waals surface area contributed by atoms with Gasteiger partial charge in [-0.2, -0.15) is 0 Å². The third-order valence-corrected chi connectivity index (χ3v) is 4.60. The maximum Gasteiger partial charge on any atom is 0.239 e. The molecular formula is C23H26N4O3. The van der Waals surface area contributed by atoms with E-state index in [4.69, 9.17) is 4.52 Å². The molecule has 0 aliphatic carbocycles. The molecule has 3 aromatic rings. The van der Waals surface area contributed by atoms with Gasteiger partial charge in [-0.3, -0.25) is 14.5 Å². The van der Waals surface area contributed by atoms with Gasteiger partial charge in [0.25, 0.3) is 0 Å². The molecule has 0 saturated heterocycles. The summed E-state index contributed by atoms with van der Waals surface area (Å²) >= 11 is 0. The van der Waals surface area contributed by atoms with E-state index in [-0.39, 0.29) is 30.8 Å². The fourth-order valence-corrected chi connectivity index (χ4v) is 3.11. The molecule has 156 valence electrons. The number of nitrogens with zero attached hydrogens (tertiary/aromatic N) is 2. The first-order chi connectivity index (χ1) is 14.5. The number of amides is 2. The van der Waals surface area contributed by atoms with Crippen molar-refractivity contribution in [2.75, 3.05) is 25.5 Å². The van der Waals surface area contributed by atoms with Crippen molar-refractivity contribution in [2.24, 2.45) is 0 Å². The Hall–Kier alpha value is -3.45. The molecule has 0 bridgehead atoms. The lowest BCUT2D eigenvalue weighted by atomic mass is 9.98. The Bertz CT molecular complexity index is 917. The first kappa shape index (κ1) is 21.3. The van der Waals surface area contributed by atoms with Gasteiger partial charge in [0.2, 0.25) is 11.8 Å². The van der Waals surface area contributed by atoms with Crippen molar-refractivity contribution in [2.45, 2.75) is 19.4 Å². The number of likely N-dealkylation sites (N-methyl/N-ethyl adjacent to an activating group) is 1. The van der Waals surface area contributed by atoms with Crippen LogP contribution < -0.4 is 10.6 Å². The van der Waals surface area contributed by atoms with Crippen LogP contribution in [-0.2, 0) is 9.59 Å². The molecule has 7 nitrogen and oxygen atoms in total. The molecule has 0 fully saturated rings. The van der Waals surface area contributed by atoms with E-state index in [0.29, 0.717) is 18.1 Å². The highest BCUT2D eigenvalue weighted by Gasteiger charge is 2.17. The lowest BCUT2D eigenvalue weighted by Gasteiger charge is -2.21. The minimum absolute atomic E-state index is 0.0768. The van der Waals surface area contributed by atoms with Gasteiger partial charge in [-0.1, -0.05) is 65.8 Å². The lowest BCUT2D eigenvalue weighted by Crippen LogP contribution is -2.35. The summed E-state index contributed by atoms with van der Waals surface area (Å²) in [7, 11) is 1.80. The van der Waals surface area contributed by atoms with E-state index in [2.05, 4.69) is 15.8 Å². The fraction of sp³-hybridized carbons (Fsp3) is 0.261. The van der Waals surface area contributed by atoms with Crippen molar-refractivity contribution < 1.29 is 14.1 Å². The molecule has 0 radical (unpaired) electrons. The zero-order valence-corrected chi connectivity index (χ0v) is 17.2. The number of carbonyl (C=O) groups is 2. The molecule has 2 aromatic carbocycles. The molecule has 0 aliphatic rings. The monoisotopic (exact) mass is 406 g/mol. The van der Waals surface area contributed by atoms with Crippen LogP contribution >= 0.6 is 0 Å². The Kier molecular flexibility index (Phi) is 7.34. The molecule has 0 aliphatic heterocycles. The molecule has 0 atom stereocenters. The second-order valence-electron chi connectivity index (χ2n) is 7.18. The van der Waals surface area contributed by atoms with Crippen LogP contribution in [0.5, 0.6) is 0 Å². The zero-order valence-electron chi connectivity index (χ0n) is 17.2. The van der Waals surface area contributed by atoms with Crippen molar-refractivity contribution in [3.8, 4) is 0 Å². The minimum atomic E-state index is -0.219. The summed E-state index contributed by atoms with van der Waals surface area (Å²) in [5.41, 5.74) is 2.04. The highest BCUT2D eigenvalue weighted by atomic mass is 16.5. The summed E-state index contributed by atoms with van der Waals surface area (Å²) in [5, 5.41) is 9.52. The lowest BCUT2D eigenvalue weighted by molar-refractivity contribution is -0.122. The number of hydrogen-bond acceptors (Lipinski definition) is 5. The summed E-state index contributed by atoms with van der Waals surface area (Å²) in [6.45, 7) is 2.36. The van der Waals surface area contributed by atoms with Gasteiger partial charge in [-0.15, -0.1) is 0 Å². The molecule has 7 heteroatoms. The van der Waals surface area contributed by atoms with Crippen molar-refractivity contribution in [1.29, 1.82) is 0 Å². The van der Waals surface area contributed by atoms with Crippen LogP contribution in [0.2, 0.25) is 0 Å². The smallest absolute Gasteiger partial charge is 0.239 e. The maximum atomic E-state index is 12.6. The molecule has 0 unspecified atom stereocenters. The average molecular weight is 406 g/mol. The third kappa shape index (κ3) is 6.28. The van der Waals surface area contributed by atoms with Crippen molar-refractivity contribution in [3.05, 3.63) is 83.6 Å². The van der Waals surface area contributed by atoms with Gasteiger partial charge in [-0.25, -0.2) is 0 Å². The molecule has 0 saturated carbocycles. The molecule has 1 heterocycles. The summed E-state index contributed by atoms with van der Waals surface area (Å²) in [6, 6.07) is 21.2. The van der Waals surface area contributed by atoms with Crippen LogP contribution in [0.15, 0.2) is 71.3 Å². The number of carbonyl (C=O) groups excluding carboxylic acids is 2. The second-order valence-corrected chi connectivity index (χ2v) is 7.18. The van der Waals surface area contributed by atoms with E-state index in [1.165, 1.54) is 0 Å². The number of rotatable bonds is 9. The van der Waals surface area contributed by atoms with Gasteiger partial charge in [0.1, 0.15) is 5.76 Å². The zero-order chi connectivity index (χ0) is 21.3. The first-order valence-electron chi connectivity index (χ1n) is 9.82. The van der Waals surface area contributed by atoms with Gasteiger partial charge < -0.3 is 15.2 Å². The first-order valence-corrected chi connectivity index (χ1v) is 9.82. The molecule has 30 heavy (non-hydrogen) atoms. The van der Waals surface area contributed by atoms with Crippen LogP contribution in [0.4, 0.5) is 5.82 Å². The predicted molar refractivity (Wildman–Crippen MR) is 115 cm³/mol. The summed E-state index contributed by atoms with van der Waals surface area (Å²) in [4.78, 5) is 26.5. The van der Waals surface area contributed by atoms with E-state index in [1.807, 2.05) is 60.7 Å². The standard InChI is InChI=1S/C23H26N4O3/c1-17-15-20(26-30-17)24-22(29)16-27(2)14-13-21(28)25-23(18-9-5-3-6-10-18)19-11-7-4-8-12-19/h3-12,15,23H,13-14,16H2,1-2H3,(H,25,28)(H,24,26,29). The normalized spacial score (nSPS) is 10.9. The SMILES string of the molecule is Cc1cc(NC(=O)CN(C)CCC(=O)NC(c2ccccc2)c2ccccc2)no1. The Morgan fingerprint density at radius 3 is 2.13 bits per heavy atom. The highest BCUT2D eigenvalue weighted by Crippen LogP contribution is 2.21. The van der Waals surface area contributed by atoms with Crippen LogP contribution in [0.25, 0.3) is 0 Å². The Balaban J connectivity index is 1.52. The number of hydrogen-bond donors (Lipinski definition) is 2. The molecular weight excluding hydrogens is 380 g/mol. The summed E-state index contributed by atoms with van der Waals surface area (Å²) in [6.07, 6.45) is 0.281. The summed E-state index contributed by atoms with van der Waals surface area (Å²) < 4.78 is 4.93. The number of aryl methyl sites for hydroxylation is 1. The quantitative estimate of drug-likeness (QED) is 0.570. The van der Waals surface area contributed by atoms with Crippen LogP contribution in [0, 0.1) is 6.92 Å². The number of anilines is 1. The number of benzene rings is 2. The molecule has 1 aromatic heterocycles.